The third kappa shape index (κ3) is 2.84. The third-order valence-corrected chi connectivity index (χ3v) is 5.63. The number of aryl methyl sites for hydroxylation is 1. The van der Waals surface area contributed by atoms with E-state index in [0.29, 0.717) is 35.5 Å². The van der Waals surface area contributed by atoms with Crippen LogP contribution in [0.25, 0.3) is 10.9 Å². The predicted octanol–water partition coefficient (Wildman–Crippen LogP) is 1.09. The highest BCUT2D eigenvalue weighted by Gasteiger charge is 2.59. The first-order valence-electron chi connectivity index (χ1n) is 9.14. The number of aliphatic hydroxyl groups is 1. The number of hydrogen-bond acceptors (Lipinski definition) is 6. The minimum Gasteiger partial charge on any atom is -0.445 e. The van der Waals surface area contributed by atoms with Gasteiger partial charge in [0.05, 0.1) is 17.0 Å². The molecule has 27 heavy (non-hydrogen) atoms. The number of nitrogens with zero attached hydrogens (tertiary/aromatic N) is 3. The molecule has 8 heteroatoms. The highest BCUT2D eigenvalue weighted by atomic mass is 16.6. The Labute approximate surface area is 156 Å². The van der Waals surface area contributed by atoms with Crippen LogP contribution in [0.5, 0.6) is 0 Å². The lowest BCUT2D eigenvalue weighted by atomic mass is 10.0. The molecular weight excluding hydrogens is 348 g/mol. The molecule has 1 amide bonds. The standard InChI is InChI=1S/C19H24N4O4/c1-9-5-11(10(2)24)15-12(6-9)17(25)22(4)18(21-15)23-7-13-14(8-23)16(13)27-19(26)20-3/h5-6,10,13-14,16,24H,7-8H2,1-4H3,(H,20,26). The van der Waals surface area contributed by atoms with Crippen LogP contribution in [0.15, 0.2) is 16.9 Å². The van der Waals surface area contributed by atoms with Crippen molar-refractivity contribution in [3.8, 4) is 0 Å². The molecule has 4 rings (SSSR count). The molecule has 0 bridgehead atoms. The molecule has 2 aliphatic rings. The molecule has 2 N–H and O–H groups in total. The zero-order valence-electron chi connectivity index (χ0n) is 15.9. The number of aromatic nitrogens is 2. The Bertz CT molecular complexity index is 972. The van der Waals surface area contributed by atoms with Gasteiger partial charge in [0.25, 0.3) is 5.56 Å². The monoisotopic (exact) mass is 372 g/mol. The Morgan fingerprint density at radius 2 is 2.04 bits per heavy atom. The summed E-state index contributed by atoms with van der Waals surface area (Å²) >= 11 is 0. The maximum atomic E-state index is 12.9. The van der Waals surface area contributed by atoms with Gasteiger partial charge in [-0.25, -0.2) is 9.78 Å². The van der Waals surface area contributed by atoms with Gasteiger partial charge in [-0.05, 0) is 25.5 Å². The molecule has 2 heterocycles. The summed E-state index contributed by atoms with van der Waals surface area (Å²) in [7, 11) is 3.26. The van der Waals surface area contributed by atoms with Crippen molar-refractivity contribution in [3.63, 3.8) is 0 Å². The van der Waals surface area contributed by atoms with Gasteiger partial charge in [0.1, 0.15) is 6.10 Å². The van der Waals surface area contributed by atoms with Crippen LogP contribution in [0.1, 0.15) is 24.2 Å². The summed E-state index contributed by atoms with van der Waals surface area (Å²) in [6.07, 6.45) is -1.18. The van der Waals surface area contributed by atoms with Crippen LogP contribution in [0, 0.1) is 18.8 Å². The number of hydrogen-bond donors (Lipinski definition) is 2. The van der Waals surface area contributed by atoms with E-state index in [-0.39, 0.29) is 23.5 Å². The van der Waals surface area contributed by atoms with E-state index in [1.807, 2.05) is 19.1 Å². The van der Waals surface area contributed by atoms with Gasteiger partial charge in [0, 0.05) is 44.6 Å². The Hall–Kier alpha value is -2.61. The summed E-state index contributed by atoms with van der Waals surface area (Å²) in [4.78, 5) is 31.1. The first kappa shape index (κ1) is 17.8. The number of ether oxygens (including phenoxy) is 1. The molecule has 1 aromatic heterocycles. The van der Waals surface area contributed by atoms with Crippen LogP contribution < -0.4 is 15.8 Å². The summed E-state index contributed by atoms with van der Waals surface area (Å²) in [6, 6.07) is 3.69. The summed E-state index contributed by atoms with van der Waals surface area (Å²) in [5.74, 6) is 1.12. The first-order chi connectivity index (χ1) is 12.8. The molecule has 3 unspecified atom stereocenters. The number of piperidine rings is 1. The fourth-order valence-electron chi connectivity index (χ4n) is 4.13. The van der Waals surface area contributed by atoms with E-state index in [1.165, 1.54) is 0 Å². The van der Waals surface area contributed by atoms with Crippen molar-refractivity contribution in [2.75, 3.05) is 25.0 Å². The molecule has 8 nitrogen and oxygen atoms in total. The van der Waals surface area contributed by atoms with Gasteiger partial charge < -0.3 is 20.1 Å². The van der Waals surface area contributed by atoms with Gasteiger partial charge in [-0.15, -0.1) is 0 Å². The van der Waals surface area contributed by atoms with Gasteiger partial charge in [0.2, 0.25) is 5.95 Å². The summed E-state index contributed by atoms with van der Waals surface area (Å²) in [5, 5.41) is 13.1. The smallest absolute Gasteiger partial charge is 0.407 e. The van der Waals surface area contributed by atoms with Crippen LogP contribution in [0.3, 0.4) is 0 Å². The number of carbonyl (C=O) groups is 1. The summed E-state index contributed by atoms with van der Waals surface area (Å²) in [5.41, 5.74) is 2.00. The number of alkyl carbamates (subject to hydrolysis) is 1. The van der Waals surface area contributed by atoms with Crippen molar-refractivity contribution in [1.82, 2.24) is 14.9 Å². The van der Waals surface area contributed by atoms with E-state index in [9.17, 15) is 14.7 Å². The highest BCUT2D eigenvalue weighted by molar-refractivity contribution is 5.83. The average Bonchev–Trinajstić information content (AvgIpc) is 3.06. The van der Waals surface area contributed by atoms with Crippen molar-refractivity contribution in [2.24, 2.45) is 18.9 Å². The molecule has 0 radical (unpaired) electrons. The maximum Gasteiger partial charge on any atom is 0.407 e. The Balaban J connectivity index is 1.67. The topological polar surface area (TPSA) is 96.7 Å². The molecule has 1 saturated carbocycles. The van der Waals surface area contributed by atoms with Crippen molar-refractivity contribution < 1.29 is 14.6 Å². The first-order valence-corrected chi connectivity index (χ1v) is 9.14. The molecule has 2 aromatic rings. The Kier molecular flexibility index (Phi) is 4.10. The molecule has 144 valence electrons. The molecule has 1 aliphatic carbocycles. The van der Waals surface area contributed by atoms with Crippen molar-refractivity contribution in [2.45, 2.75) is 26.1 Å². The number of anilines is 1. The second-order valence-electron chi connectivity index (χ2n) is 7.55. The number of carbonyl (C=O) groups excluding carboxylic acids is 1. The molecule has 0 spiro atoms. The fourth-order valence-corrected chi connectivity index (χ4v) is 4.13. The van der Waals surface area contributed by atoms with E-state index in [1.54, 1.807) is 25.6 Å². The Morgan fingerprint density at radius 3 is 2.63 bits per heavy atom. The summed E-state index contributed by atoms with van der Waals surface area (Å²) in [6.45, 7) is 4.96. The number of amides is 1. The number of benzene rings is 1. The van der Waals surface area contributed by atoms with Crippen LogP contribution in [0.2, 0.25) is 0 Å². The third-order valence-electron chi connectivity index (χ3n) is 5.63. The van der Waals surface area contributed by atoms with E-state index in [2.05, 4.69) is 10.2 Å². The predicted molar refractivity (Wildman–Crippen MR) is 101 cm³/mol. The molecule has 3 atom stereocenters. The molecule has 1 saturated heterocycles. The lowest BCUT2D eigenvalue weighted by molar-refractivity contribution is 0.129. The molecule has 1 aliphatic heterocycles. The lowest BCUT2D eigenvalue weighted by Gasteiger charge is -2.24. The zero-order valence-corrected chi connectivity index (χ0v) is 15.9. The van der Waals surface area contributed by atoms with Gasteiger partial charge in [0.15, 0.2) is 0 Å². The molecule has 1 aromatic carbocycles. The average molecular weight is 372 g/mol. The Morgan fingerprint density at radius 1 is 1.37 bits per heavy atom. The number of rotatable bonds is 3. The largest absolute Gasteiger partial charge is 0.445 e. The lowest BCUT2D eigenvalue weighted by Crippen LogP contribution is -2.34. The van der Waals surface area contributed by atoms with Crippen molar-refractivity contribution in [1.29, 1.82) is 0 Å². The highest BCUT2D eigenvalue weighted by Crippen LogP contribution is 2.48. The number of aliphatic hydroxyl groups excluding tert-OH is 1. The fraction of sp³-hybridized carbons (Fsp3) is 0.526. The maximum absolute atomic E-state index is 12.9. The normalized spacial score (nSPS) is 24.6. The SMILES string of the molecule is CNC(=O)OC1C2CN(c3nc4c(C(C)O)cc(C)cc4c(=O)n3C)CC21. The van der Waals surface area contributed by atoms with Crippen LogP contribution in [0.4, 0.5) is 10.7 Å². The second-order valence-corrected chi connectivity index (χ2v) is 7.55. The van der Waals surface area contributed by atoms with Gasteiger partial charge in [-0.3, -0.25) is 9.36 Å². The van der Waals surface area contributed by atoms with Gasteiger partial charge >= 0.3 is 6.09 Å². The van der Waals surface area contributed by atoms with Crippen LogP contribution in [-0.2, 0) is 11.8 Å². The minimum absolute atomic E-state index is 0.0608. The van der Waals surface area contributed by atoms with Crippen LogP contribution in [-0.4, -0.2) is 47.0 Å². The van der Waals surface area contributed by atoms with Crippen molar-refractivity contribution >= 4 is 22.9 Å². The van der Waals surface area contributed by atoms with Gasteiger partial charge in [-0.2, -0.15) is 0 Å². The van der Waals surface area contributed by atoms with E-state index in [0.717, 1.165) is 5.56 Å². The van der Waals surface area contributed by atoms with Crippen LogP contribution >= 0.6 is 0 Å². The summed E-state index contributed by atoms with van der Waals surface area (Å²) < 4.78 is 6.91. The second kappa shape index (κ2) is 6.23. The quantitative estimate of drug-likeness (QED) is 0.837. The van der Waals surface area contributed by atoms with Crippen molar-refractivity contribution in [3.05, 3.63) is 33.6 Å². The zero-order chi connectivity index (χ0) is 19.5. The minimum atomic E-state index is -0.711. The van der Waals surface area contributed by atoms with E-state index in [4.69, 9.17) is 9.72 Å². The van der Waals surface area contributed by atoms with E-state index < -0.39 is 12.2 Å². The molecule has 2 fully saturated rings. The van der Waals surface area contributed by atoms with Gasteiger partial charge in [-0.1, -0.05) is 6.07 Å². The number of nitrogens with one attached hydrogen (secondary N) is 1. The number of fused-ring (bicyclic) bond motifs is 2. The molecular formula is C19H24N4O4. The van der Waals surface area contributed by atoms with E-state index >= 15 is 0 Å².